The molecule has 0 atom stereocenters. The van der Waals surface area contributed by atoms with Crippen molar-refractivity contribution in [3.63, 3.8) is 0 Å². The van der Waals surface area contributed by atoms with Crippen molar-refractivity contribution in [2.24, 2.45) is 0 Å². The summed E-state index contributed by atoms with van der Waals surface area (Å²) in [6.45, 7) is 2.75. The molecular formula is C8H10N2O2S. The highest BCUT2D eigenvalue weighted by Crippen LogP contribution is 2.15. The molecule has 4 nitrogen and oxygen atoms in total. The third-order valence-corrected chi connectivity index (χ3v) is 2.76. The summed E-state index contributed by atoms with van der Waals surface area (Å²) in [5, 5.41) is 11.7. The number of β-amino-alcohol motifs (C(OH)–C–C–N with tert-alkyl or cyclic N) is 1. The molecule has 0 saturated carbocycles. The van der Waals surface area contributed by atoms with Gasteiger partial charge in [0.15, 0.2) is 0 Å². The Hall–Kier alpha value is -0.940. The summed E-state index contributed by atoms with van der Waals surface area (Å²) in [5.74, 6) is -0.0744. The van der Waals surface area contributed by atoms with Crippen LogP contribution >= 0.6 is 11.3 Å². The van der Waals surface area contributed by atoms with Crippen LogP contribution in [0.3, 0.4) is 0 Å². The van der Waals surface area contributed by atoms with E-state index in [-0.39, 0.29) is 12.0 Å². The van der Waals surface area contributed by atoms with Crippen LogP contribution < -0.4 is 0 Å². The lowest BCUT2D eigenvalue weighted by Crippen LogP contribution is -2.53. The molecule has 1 aromatic rings. The number of hydrogen-bond acceptors (Lipinski definition) is 4. The highest BCUT2D eigenvalue weighted by atomic mass is 32.1. The van der Waals surface area contributed by atoms with Gasteiger partial charge < -0.3 is 10.0 Å². The van der Waals surface area contributed by atoms with Crippen molar-refractivity contribution in [1.82, 2.24) is 9.88 Å². The molecule has 5 heteroatoms. The van der Waals surface area contributed by atoms with E-state index < -0.39 is 0 Å². The summed E-state index contributed by atoms with van der Waals surface area (Å²) in [5.41, 5.74) is 0.495. The molecule has 2 rings (SSSR count). The topological polar surface area (TPSA) is 53.4 Å². The Morgan fingerprint density at radius 3 is 2.92 bits per heavy atom. The molecule has 0 bridgehead atoms. The van der Waals surface area contributed by atoms with E-state index in [1.54, 1.807) is 10.3 Å². The first-order chi connectivity index (χ1) is 6.16. The molecule has 2 heterocycles. The van der Waals surface area contributed by atoms with Crippen molar-refractivity contribution in [3.05, 3.63) is 16.1 Å². The van der Waals surface area contributed by atoms with Gasteiger partial charge in [-0.1, -0.05) is 0 Å². The number of nitrogens with zero attached hydrogens (tertiary/aromatic N) is 2. The fraction of sp³-hybridized carbons (Fsp3) is 0.500. The third kappa shape index (κ3) is 1.57. The monoisotopic (exact) mass is 198 g/mol. The molecule has 70 valence electrons. The maximum absolute atomic E-state index is 11.5. The quantitative estimate of drug-likeness (QED) is 0.704. The third-order valence-electron chi connectivity index (χ3n) is 1.99. The summed E-state index contributed by atoms with van der Waals surface area (Å²) in [6.07, 6.45) is -0.344. The lowest BCUT2D eigenvalue weighted by Gasteiger charge is -2.35. The molecule has 1 saturated heterocycles. The van der Waals surface area contributed by atoms with Crippen LogP contribution in [-0.2, 0) is 0 Å². The highest BCUT2D eigenvalue weighted by molar-refractivity contribution is 7.09. The van der Waals surface area contributed by atoms with Gasteiger partial charge in [-0.3, -0.25) is 4.79 Å². The average molecular weight is 198 g/mol. The van der Waals surface area contributed by atoms with Gasteiger partial charge in [0.05, 0.1) is 11.1 Å². The summed E-state index contributed by atoms with van der Waals surface area (Å²) < 4.78 is 0. The number of carbonyl (C=O) groups excluding carboxylic acids is 1. The number of aliphatic hydroxyl groups is 1. The molecule has 0 radical (unpaired) electrons. The van der Waals surface area contributed by atoms with Crippen molar-refractivity contribution in [2.75, 3.05) is 13.1 Å². The van der Waals surface area contributed by atoms with E-state index in [0.717, 1.165) is 5.01 Å². The Labute approximate surface area is 79.8 Å². The zero-order valence-corrected chi connectivity index (χ0v) is 8.04. The molecule has 1 aliphatic rings. The minimum atomic E-state index is -0.344. The second kappa shape index (κ2) is 3.08. The van der Waals surface area contributed by atoms with Gasteiger partial charge in [-0.15, -0.1) is 11.3 Å². The zero-order valence-electron chi connectivity index (χ0n) is 7.23. The van der Waals surface area contributed by atoms with Crippen LogP contribution in [0.15, 0.2) is 5.38 Å². The first kappa shape index (κ1) is 8.65. The number of aromatic nitrogens is 1. The number of aliphatic hydroxyl groups excluding tert-OH is 1. The lowest BCUT2D eigenvalue weighted by atomic mass is 10.1. The summed E-state index contributed by atoms with van der Waals surface area (Å²) in [7, 11) is 0. The molecule has 1 aromatic heterocycles. The molecule has 0 spiro atoms. The SMILES string of the molecule is Cc1nc(C(=O)N2CC(O)C2)cs1. The van der Waals surface area contributed by atoms with Crippen LogP contribution in [0.2, 0.25) is 0 Å². The van der Waals surface area contributed by atoms with Crippen LogP contribution in [0, 0.1) is 6.92 Å². The number of likely N-dealkylation sites (tertiary alicyclic amines) is 1. The number of rotatable bonds is 1. The van der Waals surface area contributed by atoms with Gasteiger partial charge >= 0.3 is 0 Å². The van der Waals surface area contributed by atoms with Crippen molar-refractivity contribution in [3.8, 4) is 0 Å². The molecule has 0 aromatic carbocycles. The van der Waals surface area contributed by atoms with Crippen molar-refractivity contribution in [1.29, 1.82) is 0 Å². The number of carbonyl (C=O) groups is 1. The Kier molecular flexibility index (Phi) is 2.05. The van der Waals surface area contributed by atoms with Crippen LogP contribution in [0.4, 0.5) is 0 Å². The molecule has 1 amide bonds. The largest absolute Gasteiger partial charge is 0.389 e. The Balaban J connectivity index is 2.06. The number of amides is 1. The summed E-state index contributed by atoms with van der Waals surface area (Å²) >= 11 is 1.46. The standard InChI is InChI=1S/C8H10N2O2S/c1-5-9-7(4-13-5)8(12)10-2-6(11)3-10/h4,6,11H,2-3H2,1H3. The molecule has 13 heavy (non-hydrogen) atoms. The molecule has 1 aliphatic heterocycles. The minimum absolute atomic E-state index is 0.0744. The van der Waals surface area contributed by atoms with Crippen LogP contribution in [-0.4, -0.2) is 40.1 Å². The van der Waals surface area contributed by atoms with Gasteiger partial charge in [0.1, 0.15) is 5.69 Å². The van der Waals surface area contributed by atoms with Gasteiger partial charge in [0.25, 0.3) is 5.91 Å². The molecular weight excluding hydrogens is 188 g/mol. The van der Waals surface area contributed by atoms with E-state index >= 15 is 0 Å². The summed E-state index contributed by atoms with van der Waals surface area (Å²) in [4.78, 5) is 17.2. The van der Waals surface area contributed by atoms with E-state index in [1.807, 2.05) is 6.92 Å². The van der Waals surface area contributed by atoms with Gasteiger partial charge in [-0.05, 0) is 6.92 Å². The molecule has 1 fully saturated rings. The van der Waals surface area contributed by atoms with Crippen LogP contribution in [0.25, 0.3) is 0 Å². The van der Waals surface area contributed by atoms with Crippen molar-refractivity contribution < 1.29 is 9.90 Å². The fourth-order valence-electron chi connectivity index (χ4n) is 1.24. The number of aryl methyl sites for hydroxylation is 1. The maximum atomic E-state index is 11.5. The van der Waals surface area contributed by atoms with Crippen molar-refractivity contribution in [2.45, 2.75) is 13.0 Å². The second-order valence-electron chi connectivity index (χ2n) is 3.12. The molecule has 0 aliphatic carbocycles. The van der Waals surface area contributed by atoms with Crippen LogP contribution in [0.5, 0.6) is 0 Å². The first-order valence-electron chi connectivity index (χ1n) is 4.06. The highest BCUT2D eigenvalue weighted by Gasteiger charge is 2.30. The number of thiazole rings is 1. The zero-order chi connectivity index (χ0) is 9.42. The fourth-order valence-corrected chi connectivity index (χ4v) is 1.83. The maximum Gasteiger partial charge on any atom is 0.273 e. The Morgan fingerprint density at radius 2 is 2.46 bits per heavy atom. The smallest absolute Gasteiger partial charge is 0.273 e. The first-order valence-corrected chi connectivity index (χ1v) is 4.94. The van der Waals surface area contributed by atoms with Crippen molar-refractivity contribution >= 4 is 17.2 Å². The molecule has 1 N–H and O–H groups in total. The Bertz CT molecular complexity index is 331. The summed E-state index contributed by atoms with van der Waals surface area (Å²) in [6, 6.07) is 0. The van der Waals surface area contributed by atoms with E-state index in [4.69, 9.17) is 5.11 Å². The van der Waals surface area contributed by atoms with Gasteiger partial charge in [-0.25, -0.2) is 4.98 Å². The van der Waals surface area contributed by atoms with E-state index in [0.29, 0.717) is 18.8 Å². The number of hydrogen-bond donors (Lipinski definition) is 1. The lowest BCUT2D eigenvalue weighted by molar-refractivity contribution is 0.00555. The minimum Gasteiger partial charge on any atom is -0.389 e. The predicted molar refractivity (Wildman–Crippen MR) is 48.8 cm³/mol. The van der Waals surface area contributed by atoms with E-state index in [9.17, 15) is 4.79 Å². The van der Waals surface area contributed by atoms with Gasteiger partial charge in [-0.2, -0.15) is 0 Å². The average Bonchev–Trinajstić information content (AvgIpc) is 2.45. The van der Waals surface area contributed by atoms with E-state index in [1.165, 1.54) is 11.3 Å². The van der Waals surface area contributed by atoms with Gasteiger partial charge in [0.2, 0.25) is 0 Å². The van der Waals surface area contributed by atoms with Gasteiger partial charge in [0, 0.05) is 18.5 Å². The van der Waals surface area contributed by atoms with Crippen LogP contribution in [0.1, 0.15) is 15.5 Å². The normalized spacial score (nSPS) is 17.2. The van der Waals surface area contributed by atoms with E-state index in [2.05, 4.69) is 4.98 Å². The second-order valence-corrected chi connectivity index (χ2v) is 4.18. The predicted octanol–water partition coefficient (Wildman–Crippen LogP) is 0.268. The Morgan fingerprint density at radius 1 is 1.77 bits per heavy atom. The molecule has 0 unspecified atom stereocenters.